The van der Waals surface area contributed by atoms with E-state index in [1.54, 1.807) is 39.7 Å². The first-order valence-corrected chi connectivity index (χ1v) is 10.3. The molecule has 9 nitrogen and oxygen atoms in total. The van der Waals surface area contributed by atoms with Crippen LogP contribution in [0.1, 0.15) is 5.69 Å². The Bertz CT molecular complexity index is 1710. The molecule has 0 aliphatic rings. The highest BCUT2D eigenvalue weighted by atomic mass is 16.3. The van der Waals surface area contributed by atoms with Gasteiger partial charge in [0.1, 0.15) is 12.1 Å². The Morgan fingerprint density at radius 2 is 1.82 bits per heavy atom. The standard InChI is InChI=1S/C24H17N7O2/c1-15-3-2-4-21(27-15)31-23(16-5-10-20-25-14-26-30(20)13-16)19-11-12-29(24(33)22(19)28-31)17-6-8-18(32)9-7-17/h2-14,32H,1H3. The number of hydrogen-bond acceptors (Lipinski definition) is 6. The molecule has 33 heavy (non-hydrogen) atoms. The predicted molar refractivity (Wildman–Crippen MR) is 123 cm³/mol. The van der Waals surface area contributed by atoms with Crippen molar-refractivity contribution < 1.29 is 5.11 Å². The quantitative estimate of drug-likeness (QED) is 0.458. The summed E-state index contributed by atoms with van der Waals surface area (Å²) in [6.45, 7) is 1.91. The highest BCUT2D eigenvalue weighted by Gasteiger charge is 2.20. The minimum absolute atomic E-state index is 0.133. The smallest absolute Gasteiger partial charge is 0.283 e. The maximum absolute atomic E-state index is 13.5. The van der Waals surface area contributed by atoms with E-state index in [1.807, 2.05) is 49.5 Å². The highest BCUT2D eigenvalue weighted by molar-refractivity contribution is 5.93. The van der Waals surface area contributed by atoms with Gasteiger partial charge in [-0.15, -0.1) is 0 Å². The summed E-state index contributed by atoms with van der Waals surface area (Å²) in [5.74, 6) is 0.740. The van der Waals surface area contributed by atoms with E-state index in [-0.39, 0.29) is 11.3 Å². The van der Waals surface area contributed by atoms with E-state index in [0.29, 0.717) is 22.4 Å². The first kappa shape index (κ1) is 18.9. The van der Waals surface area contributed by atoms with E-state index >= 15 is 0 Å². The summed E-state index contributed by atoms with van der Waals surface area (Å²) in [5, 5.41) is 19.2. The molecule has 0 fully saturated rings. The maximum Gasteiger partial charge on any atom is 0.283 e. The molecule has 5 heterocycles. The molecule has 6 aromatic rings. The fourth-order valence-electron chi connectivity index (χ4n) is 3.94. The average Bonchev–Trinajstić information content (AvgIpc) is 3.44. The second-order valence-corrected chi connectivity index (χ2v) is 7.65. The third-order valence-corrected chi connectivity index (χ3v) is 5.50. The van der Waals surface area contributed by atoms with Crippen molar-refractivity contribution in [3.8, 4) is 28.5 Å². The summed E-state index contributed by atoms with van der Waals surface area (Å²) in [6, 6.07) is 17.8. The number of benzene rings is 1. The van der Waals surface area contributed by atoms with Crippen LogP contribution in [0.3, 0.4) is 0 Å². The number of aryl methyl sites for hydroxylation is 1. The summed E-state index contributed by atoms with van der Waals surface area (Å²) < 4.78 is 4.88. The molecule has 0 atom stereocenters. The number of hydrogen-bond donors (Lipinski definition) is 1. The number of rotatable bonds is 3. The van der Waals surface area contributed by atoms with Crippen molar-refractivity contribution in [2.45, 2.75) is 6.92 Å². The molecule has 0 radical (unpaired) electrons. The van der Waals surface area contributed by atoms with E-state index < -0.39 is 0 Å². The van der Waals surface area contributed by atoms with Crippen LogP contribution in [0.2, 0.25) is 0 Å². The second kappa shape index (κ2) is 7.13. The van der Waals surface area contributed by atoms with Crippen molar-refractivity contribution in [2.24, 2.45) is 0 Å². The third kappa shape index (κ3) is 3.06. The number of aromatic hydroxyl groups is 1. The third-order valence-electron chi connectivity index (χ3n) is 5.50. The molecular weight excluding hydrogens is 418 g/mol. The molecule has 1 aromatic carbocycles. The Morgan fingerprint density at radius 3 is 2.64 bits per heavy atom. The predicted octanol–water partition coefficient (Wildman–Crippen LogP) is 3.30. The van der Waals surface area contributed by atoms with Crippen molar-refractivity contribution in [3.05, 3.63) is 95.4 Å². The van der Waals surface area contributed by atoms with Crippen LogP contribution in [0.25, 0.3) is 39.3 Å². The molecule has 160 valence electrons. The molecule has 0 unspecified atom stereocenters. The van der Waals surface area contributed by atoms with Crippen LogP contribution in [-0.4, -0.2) is 39.0 Å². The van der Waals surface area contributed by atoms with Crippen LogP contribution in [0.4, 0.5) is 0 Å². The van der Waals surface area contributed by atoms with Gasteiger partial charge in [-0.3, -0.25) is 9.36 Å². The summed E-state index contributed by atoms with van der Waals surface area (Å²) in [4.78, 5) is 22.3. The van der Waals surface area contributed by atoms with Gasteiger partial charge >= 0.3 is 0 Å². The van der Waals surface area contributed by atoms with E-state index in [4.69, 9.17) is 5.10 Å². The Morgan fingerprint density at radius 1 is 0.970 bits per heavy atom. The van der Waals surface area contributed by atoms with E-state index in [1.165, 1.54) is 10.9 Å². The lowest BCUT2D eigenvalue weighted by Gasteiger charge is -2.08. The molecule has 0 aliphatic carbocycles. The van der Waals surface area contributed by atoms with Crippen molar-refractivity contribution in [1.82, 2.24) is 33.9 Å². The highest BCUT2D eigenvalue weighted by Crippen LogP contribution is 2.30. The van der Waals surface area contributed by atoms with Crippen molar-refractivity contribution >= 4 is 16.6 Å². The lowest BCUT2D eigenvalue weighted by molar-refractivity contribution is 0.475. The largest absolute Gasteiger partial charge is 0.508 e. The normalized spacial score (nSPS) is 11.4. The number of fused-ring (bicyclic) bond motifs is 2. The lowest BCUT2D eigenvalue weighted by Crippen LogP contribution is -2.17. The second-order valence-electron chi connectivity index (χ2n) is 7.65. The van der Waals surface area contributed by atoms with Gasteiger partial charge in [0.05, 0.1) is 5.69 Å². The Hall–Kier alpha value is -4.79. The molecule has 5 aromatic heterocycles. The molecule has 0 saturated heterocycles. The van der Waals surface area contributed by atoms with Gasteiger partial charge in [-0.2, -0.15) is 10.2 Å². The minimum atomic E-state index is -0.271. The number of aromatic nitrogens is 7. The van der Waals surface area contributed by atoms with E-state index in [9.17, 15) is 9.90 Å². The van der Waals surface area contributed by atoms with Gasteiger partial charge in [0, 0.05) is 34.7 Å². The van der Waals surface area contributed by atoms with Crippen LogP contribution >= 0.6 is 0 Å². The van der Waals surface area contributed by atoms with Gasteiger partial charge in [0.15, 0.2) is 17.0 Å². The zero-order valence-corrected chi connectivity index (χ0v) is 17.5. The van der Waals surface area contributed by atoms with Crippen LogP contribution in [-0.2, 0) is 0 Å². The fourth-order valence-corrected chi connectivity index (χ4v) is 3.94. The summed E-state index contributed by atoms with van der Waals surface area (Å²) >= 11 is 0. The Labute approximate surface area is 186 Å². The van der Waals surface area contributed by atoms with E-state index in [2.05, 4.69) is 15.1 Å². The zero-order chi connectivity index (χ0) is 22.5. The molecule has 0 aliphatic heterocycles. The molecule has 0 amide bonds. The topological polar surface area (TPSA) is 103 Å². The van der Waals surface area contributed by atoms with Gasteiger partial charge in [0.25, 0.3) is 5.56 Å². The molecule has 0 bridgehead atoms. The number of phenolic OH excluding ortho intramolecular Hbond substituents is 1. The minimum Gasteiger partial charge on any atom is -0.508 e. The molecule has 6 rings (SSSR count). The van der Waals surface area contributed by atoms with Crippen LogP contribution in [0.15, 0.2) is 84.2 Å². The van der Waals surface area contributed by atoms with Crippen molar-refractivity contribution in [1.29, 1.82) is 0 Å². The fraction of sp³-hybridized carbons (Fsp3) is 0.0417. The molecule has 0 saturated carbocycles. The Kier molecular flexibility index (Phi) is 4.09. The molecule has 9 heteroatoms. The van der Waals surface area contributed by atoms with Gasteiger partial charge in [-0.1, -0.05) is 6.07 Å². The van der Waals surface area contributed by atoms with Crippen LogP contribution < -0.4 is 5.56 Å². The van der Waals surface area contributed by atoms with Crippen LogP contribution in [0.5, 0.6) is 5.75 Å². The van der Waals surface area contributed by atoms with Crippen LogP contribution in [0, 0.1) is 6.92 Å². The van der Waals surface area contributed by atoms with Gasteiger partial charge < -0.3 is 5.11 Å². The van der Waals surface area contributed by atoms with E-state index in [0.717, 1.165) is 22.6 Å². The molecule has 1 N–H and O–H groups in total. The zero-order valence-electron chi connectivity index (χ0n) is 17.5. The first-order chi connectivity index (χ1) is 16.1. The first-order valence-electron chi connectivity index (χ1n) is 10.3. The van der Waals surface area contributed by atoms with Gasteiger partial charge in [-0.05, 0) is 61.5 Å². The summed E-state index contributed by atoms with van der Waals surface area (Å²) in [7, 11) is 0. The van der Waals surface area contributed by atoms with Crippen molar-refractivity contribution in [3.63, 3.8) is 0 Å². The number of pyridine rings is 3. The molecule has 0 spiro atoms. The monoisotopic (exact) mass is 435 g/mol. The molecular formula is C24H17N7O2. The van der Waals surface area contributed by atoms with Gasteiger partial charge in [-0.25, -0.2) is 19.2 Å². The average molecular weight is 435 g/mol. The SMILES string of the molecule is Cc1cccc(-n2nc3c(=O)n(-c4ccc(O)cc4)ccc3c2-c2ccc3ncnn3c2)n1. The Balaban J connectivity index is 1.66. The number of phenols is 1. The van der Waals surface area contributed by atoms with Gasteiger partial charge in [0.2, 0.25) is 0 Å². The summed E-state index contributed by atoms with van der Waals surface area (Å²) in [5.41, 5.74) is 3.78. The number of nitrogens with zero attached hydrogens (tertiary/aromatic N) is 7. The summed E-state index contributed by atoms with van der Waals surface area (Å²) in [6.07, 6.45) is 5.06. The lowest BCUT2D eigenvalue weighted by atomic mass is 10.1. The maximum atomic E-state index is 13.5. The van der Waals surface area contributed by atoms with Crippen molar-refractivity contribution in [2.75, 3.05) is 0 Å².